The molecule has 0 spiro atoms. The number of fused-ring (bicyclic) bond motifs is 1. The van der Waals surface area contributed by atoms with Gasteiger partial charge >= 0.3 is 0 Å². The summed E-state index contributed by atoms with van der Waals surface area (Å²) in [5, 5.41) is 21.2. The number of thioether (sulfide) groups is 1. The number of carbonyl (C=O) groups excluding carboxylic acids is 1. The van der Waals surface area contributed by atoms with Gasteiger partial charge in [0.05, 0.1) is 21.5 Å². The van der Waals surface area contributed by atoms with E-state index < -0.39 is 5.79 Å². The summed E-state index contributed by atoms with van der Waals surface area (Å²) in [6.07, 6.45) is 4.65. The number of thiazole rings is 1. The van der Waals surface area contributed by atoms with Crippen LogP contribution in [-0.2, 0) is 4.79 Å². The van der Waals surface area contributed by atoms with Crippen molar-refractivity contribution in [1.29, 1.82) is 0 Å². The Morgan fingerprint density at radius 2 is 1.90 bits per heavy atom. The second kappa shape index (κ2) is 11.5. The highest BCUT2D eigenvalue weighted by Crippen LogP contribution is 2.36. The lowest BCUT2D eigenvalue weighted by molar-refractivity contribution is -0.127. The summed E-state index contributed by atoms with van der Waals surface area (Å²) in [7, 11) is 0. The Bertz CT molecular complexity index is 963. The molecule has 168 valence electrons. The van der Waals surface area contributed by atoms with Crippen molar-refractivity contribution in [3.8, 4) is 10.6 Å². The number of rotatable bonds is 8. The molecule has 1 aromatic carbocycles. The zero-order valence-corrected chi connectivity index (χ0v) is 20.2. The molecule has 3 N–H and O–H groups in total. The first-order chi connectivity index (χ1) is 14.7. The number of hydrogen-bond acceptors (Lipinski definition) is 9. The summed E-state index contributed by atoms with van der Waals surface area (Å²) in [6, 6.07) is 8.11. The molecule has 2 heterocycles. The molecule has 0 saturated carbocycles. The highest BCUT2D eigenvalue weighted by Gasteiger charge is 2.17. The van der Waals surface area contributed by atoms with Crippen LogP contribution < -0.4 is 5.32 Å². The van der Waals surface area contributed by atoms with Crippen LogP contribution >= 0.6 is 23.1 Å². The third-order valence-electron chi connectivity index (χ3n) is 4.28. The zero-order valence-electron chi connectivity index (χ0n) is 18.5. The number of aldehydes is 1. The summed E-state index contributed by atoms with van der Waals surface area (Å²) in [5.41, 5.74) is 2.84. The average Bonchev–Trinajstić information content (AvgIpc) is 3.13. The molecule has 0 aliphatic carbocycles. The van der Waals surface area contributed by atoms with E-state index in [1.165, 1.54) is 25.6 Å². The molecule has 3 rings (SSSR count). The van der Waals surface area contributed by atoms with Crippen LogP contribution in [-0.4, -0.2) is 50.0 Å². The van der Waals surface area contributed by atoms with E-state index in [-0.39, 0.29) is 5.92 Å². The third-order valence-corrected chi connectivity index (χ3v) is 5.89. The molecule has 7 nitrogen and oxygen atoms in total. The Morgan fingerprint density at radius 1 is 1.23 bits per heavy atom. The van der Waals surface area contributed by atoms with Gasteiger partial charge in [0.15, 0.2) is 10.9 Å². The molecule has 0 amide bonds. The average molecular weight is 463 g/mol. The maximum absolute atomic E-state index is 11.1. The van der Waals surface area contributed by atoms with Crippen molar-refractivity contribution in [2.24, 2.45) is 5.92 Å². The summed E-state index contributed by atoms with van der Waals surface area (Å²) in [6.45, 7) is 7.32. The lowest BCUT2D eigenvalue weighted by Crippen LogP contribution is -2.15. The minimum atomic E-state index is -1.50. The standard InChI is InChI=1S/C19H22N4OS2.C3H8O2/c1-4-13(11-24)9-10-20-17-16(12(2)21-19(23-17)25-3)18-22-14-7-5-6-8-15(14)26-18;1-3(2,4)5/h5-8,11,13H,4,9-10H2,1-3H3,(H,20,21,23);4-5H,1-2H3. The van der Waals surface area contributed by atoms with Crippen LogP contribution in [0.15, 0.2) is 29.4 Å². The topological polar surface area (TPSA) is 108 Å². The lowest BCUT2D eigenvalue weighted by atomic mass is 10.0. The Balaban J connectivity index is 0.000000614. The minimum Gasteiger partial charge on any atom is -0.369 e. The van der Waals surface area contributed by atoms with E-state index >= 15 is 0 Å². The molecule has 0 saturated heterocycles. The van der Waals surface area contributed by atoms with E-state index in [9.17, 15) is 4.79 Å². The SMILES string of the molecule is CC(C)(O)O.CCC(C=O)CCNc1nc(SC)nc(C)c1-c1nc2ccccc2s1. The number of para-hydroxylation sites is 1. The predicted molar refractivity (Wildman–Crippen MR) is 129 cm³/mol. The molecular weight excluding hydrogens is 432 g/mol. The van der Waals surface area contributed by atoms with Gasteiger partial charge in [-0.3, -0.25) is 0 Å². The normalized spacial score (nSPS) is 12.2. The molecule has 0 aliphatic heterocycles. The molecule has 3 aromatic rings. The largest absolute Gasteiger partial charge is 0.369 e. The third kappa shape index (κ3) is 7.84. The second-order valence-corrected chi connectivity index (χ2v) is 9.32. The molecule has 0 fully saturated rings. The number of nitrogens with one attached hydrogen (secondary N) is 1. The maximum atomic E-state index is 11.1. The van der Waals surface area contributed by atoms with E-state index in [2.05, 4.69) is 21.4 Å². The Hall–Kier alpha value is -2.07. The molecule has 31 heavy (non-hydrogen) atoms. The number of nitrogens with zero attached hydrogens (tertiary/aromatic N) is 3. The molecule has 9 heteroatoms. The van der Waals surface area contributed by atoms with Crippen molar-refractivity contribution in [3.05, 3.63) is 30.0 Å². The Morgan fingerprint density at radius 3 is 2.48 bits per heavy atom. The fraction of sp³-hybridized carbons (Fsp3) is 0.455. The van der Waals surface area contributed by atoms with Crippen molar-refractivity contribution in [2.75, 3.05) is 18.1 Å². The van der Waals surface area contributed by atoms with Crippen LogP contribution in [0.4, 0.5) is 5.82 Å². The van der Waals surface area contributed by atoms with Gasteiger partial charge in [0.25, 0.3) is 0 Å². The number of carbonyl (C=O) groups is 1. The van der Waals surface area contributed by atoms with Crippen LogP contribution in [0.25, 0.3) is 20.8 Å². The molecule has 1 unspecified atom stereocenters. The van der Waals surface area contributed by atoms with Gasteiger partial charge in [-0.1, -0.05) is 30.8 Å². The van der Waals surface area contributed by atoms with Crippen molar-refractivity contribution in [2.45, 2.75) is 51.5 Å². The van der Waals surface area contributed by atoms with Gasteiger partial charge in [-0.15, -0.1) is 11.3 Å². The molecule has 1 atom stereocenters. The first kappa shape index (κ1) is 25.2. The number of benzene rings is 1. The molecular formula is C22H30N4O3S2. The van der Waals surface area contributed by atoms with Crippen molar-refractivity contribution in [1.82, 2.24) is 15.0 Å². The summed E-state index contributed by atoms with van der Waals surface area (Å²) < 4.78 is 1.15. The van der Waals surface area contributed by atoms with Crippen LogP contribution in [0.5, 0.6) is 0 Å². The molecule has 0 aliphatic rings. The number of hydrogen-bond donors (Lipinski definition) is 3. The summed E-state index contributed by atoms with van der Waals surface area (Å²) in [5.74, 6) is -0.627. The van der Waals surface area contributed by atoms with Crippen LogP contribution in [0, 0.1) is 12.8 Å². The Kier molecular flexibility index (Phi) is 9.36. The molecule has 0 bridgehead atoms. The zero-order chi connectivity index (χ0) is 23.0. The van der Waals surface area contributed by atoms with Crippen LogP contribution in [0.2, 0.25) is 0 Å². The maximum Gasteiger partial charge on any atom is 0.189 e. The van der Waals surface area contributed by atoms with E-state index in [1.54, 1.807) is 11.3 Å². The van der Waals surface area contributed by atoms with Crippen molar-refractivity contribution >= 4 is 45.4 Å². The Labute approximate surface area is 191 Å². The van der Waals surface area contributed by atoms with Crippen LogP contribution in [0.3, 0.4) is 0 Å². The van der Waals surface area contributed by atoms with Crippen LogP contribution in [0.1, 0.15) is 39.3 Å². The lowest BCUT2D eigenvalue weighted by Gasteiger charge is -2.14. The van der Waals surface area contributed by atoms with E-state index in [1.807, 2.05) is 38.3 Å². The van der Waals surface area contributed by atoms with Gasteiger partial charge in [0.2, 0.25) is 0 Å². The number of aliphatic hydroxyl groups is 2. The summed E-state index contributed by atoms with van der Waals surface area (Å²) >= 11 is 3.17. The van der Waals surface area contributed by atoms with Gasteiger partial charge in [-0.05, 0) is 52.0 Å². The van der Waals surface area contributed by atoms with E-state index in [4.69, 9.17) is 15.2 Å². The van der Waals surface area contributed by atoms with Crippen molar-refractivity contribution in [3.63, 3.8) is 0 Å². The molecule has 0 radical (unpaired) electrons. The quantitative estimate of drug-likeness (QED) is 0.194. The van der Waals surface area contributed by atoms with Gasteiger partial charge in [-0.25, -0.2) is 15.0 Å². The predicted octanol–water partition coefficient (Wildman–Crippen LogP) is 4.52. The number of aryl methyl sites for hydroxylation is 1. The number of aromatic nitrogens is 3. The van der Waals surface area contributed by atoms with E-state index in [0.29, 0.717) is 6.54 Å². The van der Waals surface area contributed by atoms with Gasteiger partial charge in [-0.2, -0.15) is 0 Å². The minimum absolute atomic E-state index is 0.0800. The van der Waals surface area contributed by atoms with E-state index in [0.717, 1.165) is 56.6 Å². The fourth-order valence-electron chi connectivity index (χ4n) is 2.75. The first-order valence-corrected chi connectivity index (χ1v) is 12.1. The fourth-order valence-corrected chi connectivity index (χ4v) is 4.22. The monoisotopic (exact) mass is 462 g/mol. The van der Waals surface area contributed by atoms with Gasteiger partial charge in [0, 0.05) is 12.5 Å². The first-order valence-electron chi connectivity index (χ1n) is 10.1. The number of anilines is 1. The van der Waals surface area contributed by atoms with Gasteiger partial charge in [0.1, 0.15) is 17.1 Å². The summed E-state index contributed by atoms with van der Waals surface area (Å²) in [4.78, 5) is 25.1. The highest BCUT2D eigenvalue weighted by atomic mass is 32.2. The second-order valence-electron chi connectivity index (χ2n) is 7.52. The highest BCUT2D eigenvalue weighted by molar-refractivity contribution is 7.98. The molecule has 2 aromatic heterocycles. The smallest absolute Gasteiger partial charge is 0.189 e. The van der Waals surface area contributed by atoms with Crippen molar-refractivity contribution < 1.29 is 15.0 Å². The van der Waals surface area contributed by atoms with Gasteiger partial charge < -0.3 is 20.3 Å².